The van der Waals surface area contributed by atoms with Crippen LogP contribution in [0.15, 0.2) is 36.4 Å². The van der Waals surface area contributed by atoms with E-state index < -0.39 is 5.60 Å². The van der Waals surface area contributed by atoms with Gasteiger partial charge < -0.3 is 4.74 Å². The molecule has 0 unspecified atom stereocenters. The zero-order valence-corrected chi connectivity index (χ0v) is 13.2. The van der Waals surface area contributed by atoms with Crippen molar-refractivity contribution in [2.75, 3.05) is 20.1 Å². The second kappa shape index (κ2) is 7.66. The number of nitrogens with zero attached hydrogens (tertiary/aromatic N) is 1. The first-order chi connectivity index (χ1) is 9.81. The smallest absolute Gasteiger partial charge is 0.320 e. The first-order valence-corrected chi connectivity index (χ1v) is 6.94. The van der Waals surface area contributed by atoms with Gasteiger partial charge in [-0.15, -0.1) is 6.42 Å². The molecule has 0 heterocycles. The van der Waals surface area contributed by atoms with Gasteiger partial charge in [-0.1, -0.05) is 42.3 Å². The Morgan fingerprint density at radius 1 is 1.33 bits per heavy atom. The Bertz CT molecular complexity index is 533. The molecule has 1 rings (SSSR count). The van der Waals surface area contributed by atoms with E-state index in [0.717, 1.165) is 11.1 Å². The van der Waals surface area contributed by atoms with Crippen LogP contribution in [-0.4, -0.2) is 36.6 Å². The van der Waals surface area contributed by atoms with E-state index in [1.165, 1.54) is 0 Å². The van der Waals surface area contributed by atoms with Crippen molar-refractivity contribution >= 4 is 11.5 Å². The highest BCUT2D eigenvalue weighted by Crippen LogP contribution is 2.12. The molecule has 0 radical (unpaired) electrons. The number of hydrogen-bond acceptors (Lipinski definition) is 3. The van der Waals surface area contributed by atoms with Gasteiger partial charge in [-0.05, 0) is 33.4 Å². The van der Waals surface area contributed by atoms with Crippen LogP contribution >= 0.6 is 0 Å². The fourth-order valence-electron chi connectivity index (χ4n) is 1.78. The quantitative estimate of drug-likeness (QED) is 0.615. The van der Waals surface area contributed by atoms with Gasteiger partial charge in [0.05, 0.1) is 6.54 Å². The van der Waals surface area contributed by atoms with Gasteiger partial charge in [-0.3, -0.25) is 9.69 Å². The van der Waals surface area contributed by atoms with Gasteiger partial charge in [0.2, 0.25) is 0 Å². The molecule has 0 aliphatic carbocycles. The summed E-state index contributed by atoms with van der Waals surface area (Å²) >= 11 is 0. The van der Waals surface area contributed by atoms with Crippen molar-refractivity contribution in [3.05, 3.63) is 42.0 Å². The van der Waals surface area contributed by atoms with Crippen molar-refractivity contribution in [2.24, 2.45) is 0 Å². The Morgan fingerprint density at radius 2 is 1.95 bits per heavy atom. The minimum atomic E-state index is -0.457. The molecule has 112 valence electrons. The molecular weight excluding hydrogens is 262 g/mol. The molecule has 0 aliphatic rings. The summed E-state index contributed by atoms with van der Waals surface area (Å²) < 4.78 is 5.28. The zero-order valence-electron chi connectivity index (χ0n) is 13.2. The van der Waals surface area contributed by atoms with E-state index in [2.05, 4.69) is 5.92 Å². The minimum Gasteiger partial charge on any atom is -0.459 e. The van der Waals surface area contributed by atoms with Crippen molar-refractivity contribution in [2.45, 2.75) is 26.4 Å². The number of benzene rings is 1. The van der Waals surface area contributed by atoms with Crippen molar-refractivity contribution in [3.8, 4) is 12.3 Å². The summed E-state index contributed by atoms with van der Waals surface area (Å²) in [6, 6.07) is 9.79. The van der Waals surface area contributed by atoms with Gasteiger partial charge in [0, 0.05) is 12.1 Å². The van der Waals surface area contributed by atoms with Crippen LogP contribution in [0.25, 0.3) is 5.57 Å². The summed E-state index contributed by atoms with van der Waals surface area (Å²) in [5.41, 5.74) is 1.37. The van der Waals surface area contributed by atoms with Crippen molar-refractivity contribution in [3.63, 3.8) is 0 Å². The second-order valence-electron chi connectivity index (χ2n) is 5.91. The summed E-state index contributed by atoms with van der Waals surface area (Å²) in [5, 5.41) is 0. The SMILES string of the molecule is C#C/C(=C/CN(C)CC(=O)OC(C)(C)C)c1ccccc1. The van der Waals surface area contributed by atoms with Gasteiger partial charge in [0.15, 0.2) is 0 Å². The van der Waals surface area contributed by atoms with Crippen molar-refractivity contribution in [1.82, 2.24) is 4.90 Å². The van der Waals surface area contributed by atoms with E-state index in [1.54, 1.807) is 0 Å². The molecule has 0 amide bonds. The Balaban J connectivity index is 2.58. The molecule has 0 spiro atoms. The monoisotopic (exact) mass is 285 g/mol. The molecule has 0 saturated heterocycles. The Morgan fingerprint density at radius 3 is 2.48 bits per heavy atom. The van der Waals surface area contributed by atoms with E-state index in [-0.39, 0.29) is 12.5 Å². The number of esters is 1. The fraction of sp³-hybridized carbons (Fsp3) is 0.389. The number of likely N-dealkylation sites (N-methyl/N-ethyl adjacent to an activating group) is 1. The molecule has 0 fully saturated rings. The molecule has 0 aliphatic heterocycles. The van der Waals surface area contributed by atoms with Crippen LogP contribution in [0, 0.1) is 12.3 Å². The first kappa shape index (κ1) is 17.0. The maximum Gasteiger partial charge on any atom is 0.320 e. The normalized spacial score (nSPS) is 12.1. The summed E-state index contributed by atoms with van der Waals surface area (Å²) in [6.45, 7) is 6.40. The molecule has 0 atom stereocenters. The summed E-state index contributed by atoms with van der Waals surface area (Å²) in [4.78, 5) is 13.6. The third-order valence-electron chi connectivity index (χ3n) is 2.67. The van der Waals surface area contributed by atoms with E-state index >= 15 is 0 Å². The third kappa shape index (κ3) is 6.78. The zero-order chi connectivity index (χ0) is 15.9. The van der Waals surface area contributed by atoms with Gasteiger partial charge in [-0.25, -0.2) is 0 Å². The molecule has 0 bridgehead atoms. The van der Waals surface area contributed by atoms with Crippen LogP contribution in [0.2, 0.25) is 0 Å². The number of hydrogen-bond donors (Lipinski definition) is 0. The fourth-order valence-corrected chi connectivity index (χ4v) is 1.78. The van der Waals surface area contributed by atoms with E-state index in [1.807, 2.05) is 69.1 Å². The molecule has 3 nitrogen and oxygen atoms in total. The molecule has 0 saturated carbocycles. The highest BCUT2D eigenvalue weighted by atomic mass is 16.6. The predicted octanol–water partition coefficient (Wildman–Crippen LogP) is 2.98. The lowest BCUT2D eigenvalue weighted by molar-refractivity contribution is -0.155. The number of ether oxygens (including phenoxy) is 1. The number of allylic oxidation sites excluding steroid dienone is 1. The molecule has 3 heteroatoms. The first-order valence-electron chi connectivity index (χ1n) is 6.94. The highest BCUT2D eigenvalue weighted by Gasteiger charge is 2.17. The number of terminal acetylenes is 1. The van der Waals surface area contributed by atoms with E-state index in [4.69, 9.17) is 11.2 Å². The average molecular weight is 285 g/mol. The lowest BCUT2D eigenvalue weighted by Crippen LogP contribution is -2.32. The maximum absolute atomic E-state index is 11.7. The summed E-state index contributed by atoms with van der Waals surface area (Å²) in [5.74, 6) is 2.45. The molecule has 1 aromatic carbocycles. The molecule has 0 N–H and O–H groups in total. The van der Waals surface area contributed by atoms with E-state index in [9.17, 15) is 4.79 Å². The third-order valence-corrected chi connectivity index (χ3v) is 2.67. The highest BCUT2D eigenvalue weighted by molar-refractivity contribution is 5.78. The molecule has 0 aromatic heterocycles. The number of carbonyl (C=O) groups excluding carboxylic acids is 1. The summed E-state index contributed by atoms with van der Waals surface area (Å²) in [7, 11) is 1.86. The largest absolute Gasteiger partial charge is 0.459 e. The lowest BCUT2D eigenvalue weighted by atomic mass is 10.1. The van der Waals surface area contributed by atoms with Crippen LogP contribution in [0.1, 0.15) is 26.3 Å². The predicted molar refractivity (Wildman–Crippen MR) is 86.6 cm³/mol. The van der Waals surface area contributed by atoms with Crippen LogP contribution in [-0.2, 0) is 9.53 Å². The Hall–Kier alpha value is -2.05. The lowest BCUT2D eigenvalue weighted by Gasteiger charge is -2.22. The topological polar surface area (TPSA) is 29.5 Å². The van der Waals surface area contributed by atoms with Gasteiger partial charge in [-0.2, -0.15) is 0 Å². The van der Waals surface area contributed by atoms with Gasteiger partial charge >= 0.3 is 5.97 Å². The van der Waals surface area contributed by atoms with Crippen LogP contribution in [0.5, 0.6) is 0 Å². The standard InChI is InChI=1S/C18H23NO2/c1-6-15(16-10-8-7-9-11-16)12-13-19(5)14-17(20)21-18(2,3)4/h1,7-12H,13-14H2,2-5H3/b15-12-. The summed E-state index contributed by atoms with van der Waals surface area (Å²) in [6.07, 6.45) is 7.49. The second-order valence-corrected chi connectivity index (χ2v) is 5.91. The number of carbonyl (C=O) groups is 1. The number of rotatable bonds is 5. The molecule has 21 heavy (non-hydrogen) atoms. The van der Waals surface area contributed by atoms with E-state index in [0.29, 0.717) is 6.54 Å². The van der Waals surface area contributed by atoms with Crippen LogP contribution in [0.4, 0.5) is 0 Å². The minimum absolute atomic E-state index is 0.236. The van der Waals surface area contributed by atoms with Crippen molar-refractivity contribution in [1.29, 1.82) is 0 Å². The van der Waals surface area contributed by atoms with Crippen LogP contribution in [0.3, 0.4) is 0 Å². The Labute approximate surface area is 127 Å². The van der Waals surface area contributed by atoms with Crippen molar-refractivity contribution < 1.29 is 9.53 Å². The van der Waals surface area contributed by atoms with Crippen LogP contribution < -0.4 is 0 Å². The maximum atomic E-state index is 11.7. The molecule has 1 aromatic rings. The Kier molecular flexibility index (Phi) is 6.20. The van der Waals surface area contributed by atoms with Gasteiger partial charge in [0.1, 0.15) is 5.60 Å². The van der Waals surface area contributed by atoms with Gasteiger partial charge in [0.25, 0.3) is 0 Å². The average Bonchev–Trinajstić information content (AvgIpc) is 2.38. The molecular formula is C18H23NO2.